The van der Waals surface area contributed by atoms with Crippen LogP contribution in [0, 0.1) is 5.41 Å². The number of hydrogen-bond donors (Lipinski definition) is 1. The van der Waals surface area contributed by atoms with Crippen molar-refractivity contribution < 1.29 is 0 Å². The summed E-state index contributed by atoms with van der Waals surface area (Å²) in [5.74, 6) is 0. The maximum Gasteiger partial charge on any atom is 0.0307 e. The highest BCUT2D eigenvalue weighted by Gasteiger charge is 2.18. The van der Waals surface area contributed by atoms with Gasteiger partial charge in [0.05, 0.1) is 0 Å². The Balaban J connectivity index is 3.79. The van der Waals surface area contributed by atoms with Gasteiger partial charge in [0, 0.05) is 5.54 Å². The minimum absolute atomic E-state index is 0.187. The molecule has 0 rings (SSSR count). The molecule has 66 valence electrons. The molecule has 0 saturated heterocycles. The second-order valence-electron chi connectivity index (χ2n) is 4.77. The largest absolute Gasteiger partial charge is 0.322 e. The lowest BCUT2D eigenvalue weighted by atomic mass is 9.84. The second kappa shape index (κ2) is 3.40. The lowest BCUT2D eigenvalue weighted by Gasteiger charge is -2.25. The van der Waals surface area contributed by atoms with Crippen molar-refractivity contribution in [2.24, 2.45) is 11.1 Å². The molecule has 0 aromatic rings. The predicted molar refractivity (Wildman–Crippen MR) is 51.5 cm³/mol. The monoisotopic (exact) mass is 155 g/mol. The lowest BCUT2D eigenvalue weighted by molar-refractivity contribution is 0.330. The van der Waals surface area contributed by atoms with Crippen molar-refractivity contribution >= 4 is 0 Å². The smallest absolute Gasteiger partial charge is 0.0307 e. The summed E-state index contributed by atoms with van der Waals surface area (Å²) in [6, 6.07) is 0. The molecule has 0 aromatic carbocycles. The van der Waals surface area contributed by atoms with Crippen molar-refractivity contribution in [2.45, 2.75) is 46.1 Å². The van der Waals surface area contributed by atoms with E-state index in [0.29, 0.717) is 5.41 Å². The van der Waals surface area contributed by atoms with Crippen LogP contribution in [0.25, 0.3) is 0 Å². The first-order valence-corrected chi connectivity index (χ1v) is 4.19. The molecule has 11 heavy (non-hydrogen) atoms. The van der Waals surface area contributed by atoms with Crippen molar-refractivity contribution in [3.8, 4) is 0 Å². The Morgan fingerprint density at radius 1 is 1.18 bits per heavy atom. The van der Waals surface area contributed by atoms with Crippen LogP contribution in [0.3, 0.4) is 0 Å². The minimum Gasteiger partial charge on any atom is -0.322 e. The van der Waals surface area contributed by atoms with E-state index < -0.39 is 0 Å². The molecular formula is C10H21N. The quantitative estimate of drug-likeness (QED) is 0.623. The summed E-state index contributed by atoms with van der Waals surface area (Å²) in [5, 5.41) is 0. The highest BCUT2D eigenvalue weighted by molar-refractivity contribution is 4.96. The first kappa shape index (κ1) is 10.7. The van der Waals surface area contributed by atoms with Gasteiger partial charge >= 0.3 is 0 Å². The third-order valence-corrected chi connectivity index (χ3v) is 1.88. The van der Waals surface area contributed by atoms with Crippen LogP contribution in [0.1, 0.15) is 40.5 Å². The van der Waals surface area contributed by atoms with E-state index in [1.54, 1.807) is 0 Å². The highest BCUT2D eigenvalue weighted by Crippen LogP contribution is 2.24. The van der Waals surface area contributed by atoms with Crippen molar-refractivity contribution in [1.29, 1.82) is 0 Å². The van der Waals surface area contributed by atoms with Gasteiger partial charge < -0.3 is 5.73 Å². The molecule has 0 radical (unpaired) electrons. The Bertz CT molecular complexity index is 128. The third kappa shape index (κ3) is 6.11. The van der Waals surface area contributed by atoms with E-state index in [4.69, 9.17) is 5.73 Å². The van der Waals surface area contributed by atoms with Gasteiger partial charge in [-0.2, -0.15) is 0 Å². The predicted octanol–water partition coefficient (Wildman–Crippen LogP) is 2.72. The highest BCUT2D eigenvalue weighted by atomic mass is 14.7. The standard InChI is InChI=1S/C10H21N/c1-6-10(5,11)8-7-9(2,3)4/h6H,1,7-8,11H2,2-5H3. The van der Waals surface area contributed by atoms with Gasteiger partial charge in [0.25, 0.3) is 0 Å². The number of nitrogens with two attached hydrogens (primary N) is 1. The second-order valence-corrected chi connectivity index (χ2v) is 4.77. The molecule has 0 aliphatic heterocycles. The van der Waals surface area contributed by atoms with Crippen LogP contribution in [0.15, 0.2) is 12.7 Å². The van der Waals surface area contributed by atoms with Gasteiger partial charge in [0.2, 0.25) is 0 Å². The van der Waals surface area contributed by atoms with E-state index >= 15 is 0 Å². The van der Waals surface area contributed by atoms with E-state index in [0.717, 1.165) is 12.8 Å². The Kier molecular flexibility index (Phi) is 3.30. The van der Waals surface area contributed by atoms with Crippen LogP contribution in [-0.2, 0) is 0 Å². The van der Waals surface area contributed by atoms with E-state index in [-0.39, 0.29) is 5.54 Å². The molecule has 0 aliphatic rings. The van der Waals surface area contributed by atoms with Crippen LogP contribution >= 0.6 is 0 Å². The Morgan fingerprint density at radius 2 is 1.64 bits per heavy atom. The van der Waals surface area contributed by atoms with Gasteiger partial charge in [0.15, 0.2) is 0 Å². The Morgan fingerprint density at radius 3 is 1.91 bits per heavy atom. The molecule has 0 fully saturated rings. The van der Waals surface area contributed by atoms with Crippen LogP contribution in [0.4, 0.5) is 0 Å². The molecule has 1 heteroatoms. The van der Waals surface area contributed by atoms with Crippen LogP contribution in [0.2, 0.25) is 0 Å². The zero-order chi connectivity index (χ0) is 9.12. The van der Waals surface area contributed by atoms with Crippen molar-refractivity contribution in [3.05, 3.63) is 12.7 Å². The van der Waals surface area contributed by atoms with E-state index in [1.165, 1.54) is 0 Å². The van der Waals surface area contributed by atoms with Gasteiger partial charge in [-0.1, -0.05) is 26.8 Å². The Hall–Kier alpha value is -0.300. The molecule has 0 spiro atoms. The first-order chi connectivity index (χ1) is 4.77. The number of rotatable bonds is 3. The van der Waals surface area contributed by atoms with Gasteiger partial charge in [-0.15, -0.1) is 6.58 Å². The normalized spacial score (nSPS) is 17.5. The molecule has 1 atom stereocenters. The summed E-state index contributed by atoms with van der Waals surface area (Å²) in [6.45, 7) is 12.4. The van der Waals surface area contributed by atoms with Crippen LogP contribution in [0.5, 0.6) is 0 Å². The van der Waals surface area contributed by atoms with Crippen LogP contribution in [-0.4, -0.2) is 5.54 Å². The first-order valence-electron chi connectivity index (χ1n) is 4.19. The minimum atomic E-state index is -0.187. The topological polar surface area (TPSA) is 26.0 Å². The third-order valence-electron chi connectivity index (χ3n) is 1.88. The summed E-state index contributed by atoms with van der Waals surface area (Å²) >= 11 is 0. The molecular weight excluding hydrogens is 134 g/mol. The average molecular weight is 155 g/mol. The maximum absolute atomic E-state index is 5.91. The summed E-state index contributed by atoms with van der Waals surface area (Å²) < 4.78 is 0. The molecule has 0 aromatic heterocycles. The molecule has 1 nitrogen and oxygen atoms in total. The lowest BCUT2D eigenvalue weighted by Crippen LogP contribution is -2.34. The van der Waals surface area contributed by atoms with E-state index in [2.05, 4.69) is 27.4 Å². The molecule has 0 saturated carbocycles. The SMILES string of the molecule is C=CC(C)(N)CCC(C)(C)C. The molecule has 1 unspecified atom stereocenters. The fourth-order valence-electron chi connectivity index (χ4n) is 0.746. The fourth-order valence-corrected chi connectivity index (χ4v) is 0.746. The summed E-state index contributed by atoms with van der Waals surface area (Å²) in [7, 11) is 0. The van der Waals surface area contributed by atoms with Gasteiger partial charge in [-0.05, 0) is 25.2 Å². The van der Waals surface area contributed by atoms with Crippen LogP contribution < -0.4 is 5.73 Å². The van der Waals surface area contributed by atoms with Crippen molar-refractivity contribution in [3.63, 3.8) is 0 Å². The van der Waals surface area contributed by atoms with Gasteiger partial charge in [0.1, 0.15) is 0 Å². The zero-order valence-corrected chi connectivity index (χ0v) is 8.28. The summed E-state index contributed by atoms with van der Waals surface area (Å²) in [4.78, 5) is 0. The number of hydrogen-bond acceptors (Lipinski definition) is 1. The van der Waals surface area contributed by atoms with Crippen molar-refractivity contribution in [1.82, 2.24) is 0 Å². The summed E-state index contributed by atoms with van der Waals surface area (Å²) in [6.07, 6.45) is 3.99. The molecule has 0 bridgehead atoms. The van der Waals surface area contributed by atoms with E-state index in [9.17, 15) is 0 Å². The molecule has 0 amide bonds. The fraction of sp³-hybridized carbons (Fsp3) is 0.800. The zero-order valence-electron chi connectivity index (χ0n) is 8.28. The average Bonchev–Trinajstić information content (AvgIpc) is 1.83. The Labute approximate surface area is 70.7 Å². The van der Waals surface area contributed by atoms with E-state index in [1.807, 2.05) is 13.0 Å². The summed E-state index contributed by atoms with van der Waals surface area (Å²) in [5.41, 5.74) is 6.10. The molecule has 0 heterocycles. The maximum atomic E-state index is 5.91. The van der Waals surface area contributed by atoms with Crippen molar-refractivity contribution in [2.75, 3.05) is 0 Å². The van der Waals surface area contributed by atoms with Gasteiger partial charge in [-0.25, -0.2) is 0 Å². The molecule has 0 aliphatic carbocycles. The molecule has 2 N–H and O–H groups in total. The van der Waals surface area contributed by atoms with Gasteiger partial charge in [-0.3, -0.25) is 0 Å².